The highest BCUT2D eigenvalue weighted by Gasteiger charge is 2.38. The first-order chi connectivity index (χ1) is 10.8. The number of hydrogen-bond donors (Lipinski definition) is 1. The zero-order valence-corrected chi connectivity index (χ0v) is 14.1. The number of hydrogen-bond acceptors (Lipinski definition) is 4. The molecule has 0 radical (unpaired) electrons. The Bertz CT molecular complexity index is 622. The molecular weight excluding hydrogens is 310 g/mol. The van der Waals surface area contributed by atoms with Crippen LogP contribution in [0, 0.1) is 5.41 Å². The molecule has 0 amide bonds. The van der Waals surface area contributed by atoms with Gasteiger partial charge in [0.1, 0.15) is 0 Å². The lowest BCUT2D eigenvalue weighted by Gasteiger charge is -2.33. The van der Waals surface area contributed by atoms with Gasteiger partial charge in [0.25, 0.3) is 0 Å². The van der Waals surface area contributed by atoms with Gasteiger partial charge in [-0.1, -0.05) is 35.5 Å². The maximum atomic E-state index is 5.51. The molecule has 2 fully saturated rings. The second-order valence-corrected chi connectivity index (χ2v) is 6.76. The third kappa shape index (κ3) is 3.60. The summed E-state index contributed by atoms with van der Waals surface area (Å²) in [7, 11) is 0. The van der Waals surface area contributed by atoms with Gasteiger partial charge in [-0.2, -0.15) is 0 Å². The van der Waals surface area contributed by atoms with Gasteiger partial charge in [0.15, 0.2) is 5.76 Å². The quantitative estimate of drug-likeness (QED) is 0.935. The van der Waals surface area contributed by atoms with Crippen LogP contribution in [0.5, 0.6) is 0 Å². The Hall–Kier alpha value is -1.36. The van der Waals surface area contributed by atoms with Crippen LogP contribution in [0.2, 0.25) is 0 Å². The van der Waals surface area contributed by atoms with Gasteiger partial charge in [0.05, 0.1) is 5.69 Å². The van der Waals surface area contributed by atoms with Crippen molar-refractivity contribution in [3.63, 3.8) is 0 Å². The standard InChI is InChI=1S/C18H23N3O.ClH/c1-2-4-15(5-3-1)17-12-16(20-22-17)13-21-11-8-18(14-21)6-9-19-10-7-18;/h1-5,12,19H,6-11,13-14H2;1H. The van der Waals surface area contributed by atoms with Gasteiger partial charge in [-0.05, 0) is 44.3 Å². The van der Waals surface area contributed by atoms with Gasteiger partial charge in [-0.15, -0.1) is 12.4 Å². The Kier molecular flexibility index (Phi) is 5.05. The second kappa shape index (κ2) is 7.04. The van der Waals surface area contributed by atoms with E-state index < -0.39 is 0 Å². The van der Waals surface area contributed by atoms with Crippen molar-refractivity contribution < 1.29 is 4.52 Å². The van der Waals surface area contributed by atoms with Gasteiger partial charge in [0.2, 0.25) is 0 Å². The number of aromatic nitrogens is 1. The predicted molar refractivity (Wildman–Crippen MR) is 93.6 cm³/mol. The summed E-state index contributed by atoms with van der Waals surface area (Å²) in [6.07, 6.45) is 3.97. The second-order valence-electron chi connectivity index (χ2n) is 6.76. The minimum atomic E-state index is 0. The molecule has 0 aliphatic carbocycles. The van der Waals surface area contributed by atoms with Crippen LogP contribution in [-0.2, 0) is 6.54 Å². The average molecular weight is 334 g/mol. The summed E-state index contributed by atoms with van der Waals surface area (Å²) in [5, 5.41) is 7.74. The molecule has 0 unspecified atom stereocenters. The van der Waals surface area contributed by atoms with E-state index in [0.29, 0.717) is 5.41 Å². The van der Waals surface area contributed by atoms with E-state index in [1.807, 2.05) is 18.2 Å². The molecule has 1 aromatic carbocycles. The van der Waals surface area contributed by atoms with Gasteiger partial charge in [0, 0.05) is 24.7 Å². The lowest BCUT2D eigenvalue weighted by atomic mass is 9.78. The fourth-order valence-corrected chi connectivity index (χ4v) is 3.88. The van der Waals surface area contributed by atoms with Crippen LogP contribution < -0.4 is 5.32 Å². The highest BCUT2D eigenvalue weighted by Crippen LogP contribution is 2.39. The lowest BCUT2D eigenvalue weighted by Crippen LogP contribution is -2.38. The van der Waals surface area contributed by atoms with Crippen molar-refractivity contribution in [1.29, 1.82) is 0 Å². The minimum Gasteiger partial charge on any atom is -0.356 e. The minimum absolute atomic E-state index is 0. The number of nitrogens with zero attached hydrogens (tertiary/aromatic N) is 2. The van der Waals surface area contributed by atoms with Gasteiger partial charge in [-0.25, -0.2) is 0 Å². The Morgan fingerprint density at radius 1 is 1.13 bits per heavy atom. The molecule has 23 heavy (non-hydrogen) atoms. The number of halogens is 1. The zero-order valence-electron chi connectivity index (χ0n) is 13.3. The number of rotatable bonds is 3. The molecule has 2 aliphatic rings. The molecule has 124 valence electrons. The topological polar surface area (TPSA) is 41.3 Å². The molecule has 4 rings (SSSR count). The van der Waals surface area contributed by atoms with Crippen LogP contribution in [-0.4, -0.2) is 36.2 Å². The van der Waals surface area contributed by atoms with E-state index in [2.05, 4.69) is 33.6 Å². The molecule has 1 spiro atoms. The third-order valence-corrected chi connectivity index (χ3v) is 5.18. The summed E-state index contributed by atoms with van der Waals surface area (Å²) >= 11 is 0. The van der Waals surface area contributed by atoms with Crippen LogP contribution >= 0.6 is 12.4 Å². The van der Waals surface area contributed by atoms with E-state index in [1.165, 1.54) is 45.4 Å². The molecule has 2 aromatic rings. The van der Waals surface area contributed by atoms with Crippen LogP contribution in [0.4, 0.5) is 0 Å². The molecule has 0 saturated carbocycles. The van der Waals surface area contributed by atoms with E-state index >= 15 is 0 Å². The molecule has 1 N–H and O–H groups in total. The van der Waals surface area contributed by atoms with Crippen LogP contribution in [0.1, 0.15) is 25.0 Å². The molecule has 0 atom stereocenters. The molecule has 3 heterocycles. The lowest BCUT2D eigenvalue weighted by molar-refractivity contribution is 0.192. The molecule has 1 aromatic heterocycles. The van der Waals surface area contributed by atoms with Gasteiger partial charge < -0.3 is 9.84 Å². The summed E-state index contributed by atoms with van der Waals surface area (Å²) in [5.41, 5.74) is 2.69. The largest absolute Gasteiger partial charge is 0.356 e. The first-order valence-corrected chi connectivity index (χ1v) is 8.27. The predicted octanol–water partition coefficient (Wildman–Crippen LogP) is 3.34. The van der Waals surface area contributed by atoms with Gasteiger partial charge in [-0.3, -0.25) is 4.90 Å². The highest BCUT2D eigenvalue weighted by molar-refractivity contribution is 5.85. The molecule has 2 aliphatic heterocycles. The Balaban J connectivity index is 0.00000156. The van der Waals surface area contributed by atoms with Crippen molar-refractivity contribution in [1.82, 2.24) is 15.4 Å². The summed E-state index contributed by atoms with van der Waals surface area (Å²) in [4.78, 5) is 2.54. The smallest absolute Gasteiger partial charge is 0.167 e. The zero-order chi connectivity index (χ0) is 14.8. The first kappa shape index (κ1) is 16.5. The highest BCUT2D eigenvalue weighted by atomic mass is 35.5. The summed E-state index contributed by atoms with van der Waals surface area (Å²) in [6.45, 7) is 5.66. The molecule has 0 bridgehead atoms. The summed E-state index contributed by atoms with van der Waals surface area (Å²) in [5.74, 6) is 0.867. The molecule has 4 nitrogen and oxygen atoms in total. The molecule has 2 saturated heterocycles. The van der Waals surface area contributed by atoms with Crippen molar-refractivity contribution in [3.05, 3.63) is 42.1 Å². The fourth-order valence-electron chi connectivity index (χ4n) is 3.88. The third-order valence-electron chi connectivity index (χ3n) is 5.18. The normalized spacial score (nSPS) is 20.5. The van der Waals surface area contributed by atoms with Crippen molar-refractivity contribution in [2.45, 2.75) is 25.8 Å². The first-order valence-electron chi connectivity index (χ1n) is 8.27. The summed E-state index contributed by atoms with van der Waals surface area (Å²) in [6, 6.07) is 12.3. The number of nitrogens with one attached hydrogen (secondary N) is 1. The Morgan fingerprint density at radius 2 is 1.91 bits per heavy atom. The Labute approximate surface area is 143 Å². The average Bonchev–Trinajstić information content (AvgIpc) is 3.17. The van der Waals surface area contributed by atoms with E-state index in [9.17, 15) is 0 Å². The van der Waals surface area contributed by atoms with Crippen molar-refractivity contribution in [2.24, 2.45) is 5.41 Å². The summed E-state index contributed by atoms with van der Waals surface area (Å²) < 4.78 is 5.51. The number of likely N-dealkylation sites (tertiary alicyclic amines) is 1. The van der Waals surface area contributed by atoms with Crippen LogP contribution in [0.15, 0.2) is 40.9 Å². The van der Waals surface area contributed by atoms with E-state index in [1.54, 1.807) is 0 Å². The number of benzene rings is 1. The Morgan fingerprint density at radius 3 is 2.70 bits per heavy atom. The monoisotopic (exact) mass is 333 g/mol. The van der Waals surface area contributed by atoms with E-state index in [4.69, 9.17) is 4.52 Å². The molecule has 5 heteroatoms. The van der Waals surface area contributed by atoms with Crippen molar-refractivity contribution >= 4 is 12.4 Å². The fraction of sp³-hybridized carbons (Fsp3) is 0.500. The SMILES string of the molecule is Cl.c1ccc(-c2cc(CN3CCC4(CCNCC4)C3)no2)cc1. The maximum absolute atomic E-state index is 5.51. The number of piperidine rings is 1. The van der Waals surface area contributed by atoms with Crippen LogP contribution in [0.25, 0.3) is 11.3 Å². The van der Waals surface area contributed by atoms with Crippen molar-refractivity contribution in [2.75, 3.05) is 26.2 Å². The van der Waals surface area contributed by atoms with E-state index in [0.717, 1.165) is 23.6 Å². The van der Waals surface area contributed by atoms with Gasteiger partial charge >= 0.3 is 0 Å². The maximum Gasteiger partial charge on any atom is 0.167 e. The van der Waals surface area contributed by atoms with E-state index in [-0.39, 0.29) is 12.4 Å². The molecular formula is C18H24ClN3O. The van der Waals surface area contributed by atoms with Crippen LogP contribution in [0.3, 0.4) is 0 Å². The van der Waals surface area contributed by atoms with Crippen molar-refractivity contribution in [3.8, 4) is 11.3 Å².